The Morgan fingerprint density at radius 1 is 1.29 bits per heavy atom. The summed E-state index contributed by atoms with van der Waals surface area (Å²) in [5.41, 5.74) is -3.11. The van der Waals surface area contributed by atoms with Crippen LogP contribution in [0.25, 0.3) is 0 Å². The third-order valence-electron chi connectivity index (χ3n) is 1.85. The molecule has 1 aromatic carbocycles. The highest BCUT2D eigenvalue weighted by Crippen LogP contribution is 2.31. The van der Waals surface area contributed by atoms with Gasteiger partial charge in [-0.2, -0.15) is 0 Å². The Bertz CT molecular complexity index is 1330. The Balaban J connectivity index is 4.57. The predicted octanol–water partition coefficient (Wildman–Crippen LogP) is 5.77. The lowest BCUT2D eigenvalue weighted by Gasteiger charge is -2.18. The van der Waals surface area contributed by atoms with Crippen molar-refractivity contribution in [3.8, 4) is 11.5 Å². The molecule has 120 valence electrons. The summed E-state index contributed by atoms with van der Waals surface area (Å²) in [6.45, 7) is -13.3. The summed E-state index contributed by atoms with van der Waals surface area (Å²) in [7, 11) is -3.55. The molecule has 0 aliphatic carbocycles. The van der Waals surface area contributed by atoms with Crippen molar-refractivity contribution in [3.05, 3.63) is 23.2 Å². The van der Waals surface area contributed by atoms with Gasteiger partial charge in [0, 0.05) is 37.2 Å². The number of methoxy groups -OCH3 is 1. The highest BCUT2D eigenvalue weighted by Gasteiger charge is 2.13. The molecule has 0 N–H and O–H groups in total. The fourth-order valence-corrected chi connectivity index (χ4v) is 1.30. The minimum atomic E-state index is -5.01. The lowest BCUT2D eigenvalue weighted by atomic mass is 10.0. The standard InChI is InChI=1S/C17H26Cl2O2/c1-4-6-7-13(5-2)12-21-17-9-14(10-18)16(20-3)8-15(17)11-19/h8-9,13H,4-7,10-12H2,1-3H3/i1D3,2D3,3D3,4D2,5D2,6D2,7D2,8D,9D,10D2,11D2,12D2,13D. The van der Waals surface area contributed by atoms with Crippen molar-refractivity contribution in [2.75, 3.05) is 13.6 Å². The zero-order valence-electron chi connectivity index (χ0n) is 36.1. The van der Waals surface area contributed by atoms with E-state index in [1.54, 1.807) is 0 Å². The summed E-state index contributed by atoms with van der Waals surface area (Å²) in [5.74, 6) is -15.4. The van der Waals surface area contributed by atoms with Gasteiger partial charge in [0.25, 0.3) is 0 Å². The first-order chi connectivity index (χ1) is 20.0. The average molecular weight is 359 g/mol. The molecule has 1 unspecified atom stereocenters. The molecule has 0 heterocycles. The molecule has 0 aliphatic rings. The van der Waals surface area contributed by atoms with E-state index in [1.165, 1.54) is 0 Å². The van der Waals surface area contributed by atoms with Crippen molar-refractivity contribution in [1.82, 2.24) is 0 Å². The van der Waals surface area contributed by atoms with Crippen LogP contribution in [0.1, 0.15) is 86.0 Å². The third kappa shape index (κ3) is 5.60. The first-order valence-corrected chi connectivity index (χ1v) is 5.70. The summed E-state index contributed by atoms with van der Waals surface area (Å²) >= 11 is 11.3. The van der Waals surface area contributed by atoms with E-state index >= 15 is 0 Å². The topological polar surface area (TPSA) is 18.5 Å². The second-order valence-electron chi connectivity index (χ2n) is 3.03. The minimum absolute atomic E-state index is 1.48. The van der Waals surface area contributed by atoms with Crippen molar-refractivity contribution >= 4 is 23.2 Å². The predicted molar refractivity (Wildman–Crippen MR) is 90.9 cm³/mol. The van der Waals surface area contributed by atoms with Crippen LogP contribution in [-0.4, -0.2) is 13.6 Å². The first-order valence-electron chi connectivity index (χ1n) is 17.9. The maximum atomic E-state index is 8.73. The van der Waals surface area contributed by atoms with Gasteiger partial charge in [0.2, 0.25) is 0 Å². The molecule has 0 saturated heterocycles. The van der Waals surface area contributed by atoms with Gasteiger partial charge in [-0.1, -0.05) is 32.8 Å². The molecular formula is C17H26Cl2O2. The highest BCUT2D eigenvalue weighted by molar-refractivity contribution is 6.18. The van der Waals surface area contributed by atoms with Gasteiger partial charge in [-0.25, -0.2) is 0 Å². The molecule has 0 aromatic heterocycles. The molecule has 2 nitrogen and oxygen atoms in total. The Morgan fingerprint density at radius 2 is 2.05 bits per heavy atom. The third-order valence-corrected chi connectivity index (χ3v) is 2.23. The average Bonchev–Trinajstić information content (AvgIpc) is 2.76. The number of hydrogen-bond acceptors (Lipinski definition) is 2. The van der Waals surface area contributed by atoms with Crippen LogP contribution >= 0.6 is 23.2 Å². The van der Waals surface area contributed by atoms with Gasteiger partial charge in [0.1, 0.15) is 11.5 Å². The zero-order chi connectivity index (χ0) is 38.4. The van der Waals surface area contributed by atoms with Gasteiger partial charge in [-0.05, 0) is 24.4 Å². The molecule has 0 aliphatic heterocycles. The number of hydrogen-bond donors (Lipinski definition) is 0. The zero-order valence-corrected chi connectivity index (χ0v) is 11.6. The molecule has 0 spiro atoms. The Labute approximate surface area is 175 Å². The lowest BCUT2D eigenvalue weighted by Crippen LogP contribution is -2.12. The fourth-order valence-electron chi connectivity index (χ4n) is 1.03. The molecule has 1 rings (SSSR count). The summed E-state index contributed by atoms with van der Waals surface area (Å²) in [6, 6.07) is -3.32. The highest BCUT2D eigenvalue weighted by atomic mass is 35.5. The van der Waals surface area contributed by atoms with Crippen molar-refractivity contribution in [3.63, 3.8) is 0 Å². The number of rotatable bonds is 10. The van der Waals surface area contributed by atoms with E-state index in [-0.39, 0.29) is 0 Å². The smallest absolute Gasteiger partial charge is 0.124 e. The summed E-state index contributed by atoms with van der Waals surface area (Å²) in [4.78, 5) is 0. The lowest BCUT2D eigenvalue weighted by molar-refractivity contribution is 0.231. The number of benzene rings is 1. The summed E-state index contributed by atoms with van der Waals surface area (Å²) in [5, 5.41) is 0. The van der Waals surface area contributed by atoms with Crippen molar-refractivity contribution in [2.24, 2.45) is 5.89 Å². The number of ether oxygens (including phenoxy) is 2. The molecule has 0 fully saturated rings. The van der Waals surface area contributed by atoms with Gasteiger partial charge < -0.3 is 9.47 Å². The minimum Gasteiger partial charge on any atom is -0.496 e. The molecule has 0 amide bonds. The quantitative estimate of drug-likeness (QED) is 0.494. The van der Waals surface area contributed by atoms with Crippen molar-refractivity contribution < 1.29 is 45.1 Å². The van der Waals surface area contributed by atoms with E-state index < -0.39 is 105 Å². The van der Waals surface area contributed by atoms with E-state index in [0.717, 1.165) is 0 Å². The molecule has 1 aromatic rings. The Kier molecular flexibility index (Phi) is 1.73. The summed E-state index contributed by atoms with van der Waals surface area (Å²) < 4.78 is 215. The van der Waals surface area contributed by atoms with Crippen LogP contribution in [0.4, 0.5) is 0 Å². The van der Waals surface area contributed by atoms with Crippen LogP contribution in [-0.2, 0) is 11.7 Å². The maximum Gasteiger partial charge on any atom is 0.124 e. The largest absolute Gasteiger partial charge is 0.496 e. The van der Waals surface area contributed by atoms with E-state index in [1.807, 2.05) is 0 Å². The molecule has 0 radical (unpaired) electrons. The Hall–Kier alpha value is -0.600. The second-order valence-corrected chi connectivity index (χ2v) is 3.41. The van der Waals surface area contributed by atoms with Crippen molar-refractivity contribution in [2.45, 2.75) is 50.9 Å². The van der Waals surface area contributed by atoms with Crippen LogP contribution < -0.4 is 9.47 Å². The molecule has 1 atom stereocenters. The normalized spacial score (nSPS) is 38.6. The van der Waals surface area contributed by atoms with E-state index in [4.69, 9.17) is 63.6 Å². The van der Waals surface area contributed by atoms with Gasteiger partial charge in [-0.15, -0.1) is 23.2 Å². The maximum absolute atomic E-state index is 8.73. The van der Waals surface area contributed by atoms with E-state index in [9.17, 15) is 0 Å². The van der Waals surface area contributed by atoms with Gasteiger partial charge in [0.05, 0.1) is 34.9 Å². The fraction of sp³-hybridized carbons (Fsp3) is 0.647. The molecule has 4 heteroatoms. The number of halogens is 2. The SMILES string of the molecule is [2H]c1c(OC([2H])([2H])C([2H])(C([2H])([2H])C([2H])([2H])[2H])C([2H])([2H])C([2H])([2H])C([2H])([2H])C([2H])([2H])[2H])c(C([2H])([2H])Cl)c([2H])c(OC([2H])([2H])[2H])c1C([2H])([2H])Cl. The van der Waals surface area contributed by atoms with Crippen LogP contribution in [0.15, 0.2) is 12.1 Å². The molecule has 0 bridgehead atoms. The van der Waals surface area contributed by atoms with Crippen LogP contribution in [0.3, 0.4) is 0 Å². The molecule has 0 saturated carbocycles. The van der Waals surface area contributed by atoms with E-state index in [0.29, 0.717) is 0 Å². The van der Waals surface area contributed by atoms with Gasteiger partial charge in [0.15, 0.2) is 0 Å². The van der Waals surface area contributed by atoms with Crippen LogP contribution in [0.2, 0.25) is 0 Å². The number of alkyl halides is 2. The van der Waals surface area contributed by atoms with Gasteiger partial charge >= 0.3 is 0 Å². The summed E-state index contributed by atoms with van der Waals surface area (Å²) in [6.07, 6.45) is -18.8. The molecular weight excluding hydrogens is 307 g/mol. The first kappa shape index (κ1) is 3.57. The Morgan fingerprint density at radius 3 is 2.71 bits per heavy atom. The van der Waals surface area contributed by atoms with Gasteiger partial charge in [-0.3, -0.25) is 0 Å². The van der Waals surface area contributed by atoms with E-state index in [2.05, 4.69) is 4.74 Å². The van der Waals surface area contributed by atoms with Crippen LogP contribution in [0.5, 0.6) is 11.5 Å². The monoisotopic (exact) mass is 358 g/mol. The second kappa shape index (κ2) is 10.2. The molecule has 21 heavy (non-hydrogen) atoms. The van der Waals surface area contributed by atoms with Crippen LogP contribution in [0, 0.1) is 5.89 Å². The van der Waals surface area contributed by atoms with Crippen molar-refractivity contribution in [1.29, 1.82) is 0 Å².